The van der Waals surface area contributed by atoms with Gasteiger partial charge in [-0.1, -0.05) is 27.7 Å². The van der Waals surface area contributed by atoms with Crippen molar-refractivity contribution in [2.45, 2.75) is 96.4 Å². The Morgan fingerprint density at radius 1 is 1.23 bits per heavy atom. The molecule has 0 aromatic carbocycles. The number of nitrogens with one attached hydrogen (secondary N) is 2. The lowest BCUT2D eigenvalue weighted by atomic mass is 9.70. The number of rotatable bonds is 4. The van der Waals surface area contributed by atoms with Crippen molar-refractivity contribution >= 4 is 29.4 Å². The number of likely N-dealkylation sites (tertiary alicyclic amines) is 2. The molecule has 0 bridgehead atoms. The predicted octanol–water partition coefficient (Wildman–Crippen LogP) is 2.77. The minimum Gasteiger partial charge on any atom is -0.472 e. The summed E-state index contributed by atoms with van der Waals surface area (Å²) < 4.78 is 35.9. The number of carbonyl (C=O) groups is 4. The largest absolute Gasteiger partial charge is 0.472 e. The molecule has 13 heteroatoms. The molecule has 0 radical (unpaired) electrons. The fourth-order valence-corrected chi connectivity index (χ4v) is 7.15. The van der Waals surface area contributed by atoms with Crippen molar-refractivity contribution in [3.8, 4) is 11.8 Å². The number of pyridine rings is 1. The molecular weight excluding hydrogens is 574 g/mol. The van der Waals surface area contributed by atoms with Crippen molar-refractivity contribution in [1.82, 2.24) is 20.1 Å². The summed E-state index contributed by atoms with van der Waals surface area (Å²) in [6.07, 6.45) is 0.929. The van der Waals surface area contributed by atoms with Gasteiger partial charge in [-0.25, -0.2) is 13.8 Å². The second-order valence-electron chi connectivity index (χ2n) is 14.2. The van der Waals surface area contributed by atoms with Gasteiger partial charge in [0.1, 0.15) is 24.3 Å². The van der Waals surface area contributed by atoms with Crippen LogP contribution in [0.2, 0.25) is 0 Å². The fraction of sp³-hybridized carbons (Fsp3) is 0.677. The van der Waals surface area contributed by atoms with Gasteiger partial charge in [0, 0.05) is 19.2 Å². The van der Waals surface area contributed by atoms with E-state index < -0.39 is 76.4 Å². The van der Waals surface area contributed by atoms with E-state index in [2.05, 4.69) is 21.7 Å². The summed E-state index contributed by atoms with van der Waals surface area (Å²) in [5, 5.41) is 15.4. The highest BCUT2D eigenvalue weighted by Crippen LogP contribution is 2.47. The third kappa shape index (κ3) is 5.37. The van der Waals surface area contributed by atoms with E-state index >= 15 is 4.39 Å². The van der Waals surface area contributed by atoms with E-state index in [1.54, 1.807) is 39.8 Å². The number of carbonyl (C=O) groups excluding carboxylic acids is 4. The molecule has 5 rings (SSSR count). The van der Waals surface area contributed by atoms with Crippen molar-refractivity contribution in [1.29, 1.82) is 5.26 Å². The second-order valence-corrected chi connectivity index (χ2v) is 14.2. The molecule has 8 atom stereocenters. The first-order chi connectivity index (χ1) is 20.5. The molecule has 4 aliphatic rings. The molecule has 1 aliphatic carbocycles. The number of alkyl halides is 2. The van der Waals surface area contributed by atoms with E-state index in [4.69, 9.17) is 4.74 Å². The van der Waals surface area contributed by atoms with Gasteiger partial charge in [0.15, 0.2) is 17.2 Å². The first-order valence-electron chi connectivity index (χ1n) is 15.1. The summed E-state index contributed by atoms with van der Waals surface area (Å²) in [6.45, 7) is 8.97. The summed E-state index contributed by atoms with van der Waals surface area (Å²) in [6, 6.07) is 1.97. The average molecular weight is 615 g/mol. The van der Waals surface area contributed by atoms with Gasteiger partial charge in [0.05, 0.1) is 12.6 Å². The lowest BCUT2D eigenvalue weighted by Crippen LogP contribution is -2.61. The van der Waals surface area contributed by atoms with Gasteiger partial charge in [-0.05, 0) is 62.0 Å². The van der Waals surface area contributed by atoms with Crippen LogP contribution in [0.4, 0.5) is 14.6 Å². The van der Waals surface area contributed by atoms with E-state index in [9.17, 15) is 28.8 Å². The molecule has 44 heavy (non-hydrogen) atoms. The molecule has 1 unspecified atom stereocenters. The normalized spacial score (nSPS) is 32.2. The highest BCUT2D eigenvalue weighted by Gasteiger charge is 2.60. The Kier molecular flexibility index (Phi) is 7.87. The number of aromatic nitrogens is 1. The van der Waals surface area contributed by atoms with Gasteiger partial charge in [-0.15, -0.1) is 0 Å². The maximum atomic E-state index is 15.2. The summed E-state index contributed by atoms with van der Waals surface area (Å²) in [5.74, 6) is -3.49. The lowest BCUT2D eigenvalue weighted by molar-refractivity contribution is -0.150. The quantitative estimate of drug-likeness (QED) is 0.531. The zero-order valence-corrected chi connectivity index (χ0v) is 25.9. The number of hydrogen-bond acceptors (Lipinski definition) is 7. The van der Waals surface area contributed by atoms with Crippen LogP contribution in [0.3, 0.4) is 0 Å². The van der Waals surface area contributed by atoms with Gasteiger partial charge in [-0.2, -0.15) is 5.26 Å². The maximum absolute atomic E-state index is 15.2. The van der Waals surface area contributed by atoms with E-state index in [1.807, 2.05) is 0 Å². The Balaban J connectivity index is 1.51. The molecule has 3 fully saturated rings. The number of anilines is 1. The zero-order valence-electron chi connectivity index (χ0n) is 25.9. The van der Waals surface area contributed by atoms with Crippen LogP contribution >= 0.6 is 0 Å². The Labute approximate surface area is 255 Å². The summed E-state index contributed by atoms with van der Waals surface area (Å²) in [7, 11) is 0. The highest BCUT2D eigenvalue weighted by molar-refractivity contribution is 6.01. The Hall–Kier alpha value is -3.82. The summed E-state index contributed by atoms with van der Waals surface area (Å²) in [4.78, 5) is 61.7. The van der Waals surface area contributed by atoms with E-state index in [1.165, 1.54) is 16.0 Å². The molecule has 11 nitrogen and oxygen atoms in total. The monoisotopic (exact) mass is 614 g/mol. The SMILES string of the molecule is C[C@H]1[C@H]2C(CC[C@H]1F)CN(C(=O)[C@@H](NC(=O)C(C)(C)F)C(C)(C)C)[C@@H]2C(=O)N1C[C@@]2(C[C@H]1C#N)Oc1cccnc1NC2=O. The fourth-order valence-electron chi connectivity index (χ4n) is 7.15. The van der Waals surface area contributed by atoms with E-state index in [0.717, 1.165) is 13.8 Å². The molecule has 1 saturated carbocycles. The van der Waals surface area contributed by atoms with Crippen LogP contribution in [0.1, 0.15) is 60.8 Å². The third-order valence-electron chi connectivity index (χ3n) is 9.61. The Morgan fingerprint density at radius 3 is 2.57 bits per heavy atom. The van der Waals surface area contributed by atoms with Crippen molar-refractivity contribution in [3.05, 3.63) is 18.3 Å². The minimum absolute atomic E-state index is 0.113. The molecular formula is C31H40F2N6O5. The first-order valence-corrected chi connectivity index (χ1v) is 15.1. The Bertz CT molecular complexity index is 1400. The van der Waals surface area contributed by atoms with Crippen molar-refractivity contribution in [3.63, 3.8) is 0 Å². The number of ether oxygens (including phenoxy) is 1. The van der Waals surface area contributed by atoms with Crippen LogP contribution < -0.4 is 15.4 Å². The van der Waals surface area contributed by atoms with Gasteiger partial charge in [0.25, 0.3) is 11.8 Å². The van der Waals surface area contributed by atoms with Crippen molar-refractivity contribution < 1.29 is 32.7 Å². The standard InChI is InChI=1S/C31H40F2N6O5/c1-16-19(32)10-9-17-14-38(26(41)23(29(2,3)4)36-27(42)30(5,6)33)22(21(16)17)25(40)39-15-31(12-18(39)13-34)28(43)37-24-20(44-31)8-7-11-35-24/h7-8,11,16-19,21-23H,9-10,12,14-15H2,1-6H3,(H,36,42)(H,35,37,43)/t16-,17?,18+,19-,21+,22+,23-,31-/m1/s1. The van der Waals surface area contributed by atoms with Crippen LogP contribution in [-0.2, 0) is 19.2 Å². The minimum atomic E-state index is -2.26. The summed E-state index contributed by atoms with van der Waals surface area (Å²) >= 11 is 0. The number of hydrogen-bond donors (Lipinski definition) is 2. The first kappa shape index (κ1) is 31.6. The molecule has 1 aromatic rings. The van der Waals surface area contributed by atoms with Crippen LogP contribution in [0, 0.1) is 34.5 Å². The molecule has 2 saturated heterocycles. The van der Waals surface area contributed by atoms with Crippen molar-refractivity contribution in [2.75, 3.05) is 18.4 Å². The number of fused-ring (bicyclic) bond motifs is 2. The topological polar surface area (TPSA) is 145 Å². The van der Waals surface area contributed by atoms with Crippen LogP contribution in [0.25, 0.3) is 0 Å². The molecule has 4 amide bonds. The second kappa shape index (κ2) is 11.0. The molecule has 2 N–H and O–H groups in total. The zero-order chi connectivity index (χ0) is 32.4. The lowest BCUT2D eigenvalue weighted by Gasteiger charge is -2.40. The molecule has 1 spiro atoms. The van der Waals surface area contributed by atoms with Gasteiger partial charge in [0.2, 0.25) is 17.4 Å². The van der Waals surface area contributed by atoms with E-state index in [0.29, 0.717) is 12.2 Å². The number of amides is 4. The van der Waals surface area contributed by atoms with E-state index in [-0.39, 0.29) is 37.7 Å². The average Bonchev–Trinajstić information content (AvgIpc) is 3.52. The smallest absolute Gasteiger partial charge is 0.271 e. The third-order valence-corrected chi connectivity index (χ3v) is 9.61. The molecule has 3 aliphatic heterocycles. The van der Waals surface area contributed by atoms with Crippen molar-refractivity contribution in [2.24, 2.45) is 23.2 Å². The van der Waals surface area contributed by atoms with Crippen LogP contribution in [0.5, 0.6) is 5.75 Å². The maximum Gasteiger partial charge on any atom is 0.271 e. The highest BCUT2D eigenvalue weighted by atomic mass is 19.1. The molecule has 238 valence electrons. The van der Waals surface area contributed by atoms with Gasteiger partial charge in [-0.3, -0.25) is 19.2 Å². The van der Waals surface area contributed by atoms with Crippen LogP contribution in [-0.4, -0.2) is 87.1 Å². The van der Waals surface area contributed by atoms with Gasteiger partial charge >= 0.3 is 0 Å². The number of nitriles is 1. The summed E-state index contributed by atoms with van der Waals surface area (Å²) in [5.41, 5.74) is -4.68. The molecule has 4 heterocycles. The Morgan fingerprint density at radius 2 is 1.93 bits per heavy atom. The molecule has 1 aromatic heterocycles. The van der Waals surface area contributed by atoms with Gasteiger partial charge < -0.3 is 25.2 Å². The van der Waals surface area contributed by atoms with Crippen LogP contribution in [0.15, 0.2) is 18.3 Å². The number of nitrogens with zero attached hydrogens (tertiary/aromatic N) is 4. The number of halogens is 2. The predicted molar refractivity (Wildman–Crippen MR) is 154 cm³/mol.